The van der Waals surface area contributed by atoms with Crippen LogP contribution in [0.2, 0.25) is 0 Å². The summed E-state index contributed by atoms with van der Waals surface area (Å²) in [4.78, 5) is 33.8. The maximum absolute atomic E-state index is 13.8. The predicted octanol–water partition coefficient (Wildman–Crippen LogP) is 9.09. The summed E-state index contributed by atoms with van der Waals surface area (Å²) in [7, 11) is 0. The van der Waals surface area contributed by atoms with E-state index in [-0.39, 0.29) is 5.56 Å². The molecule has 236 valence electrons. The molecule has 7 heteroatoms. The Kier molecular flexibility index (Phi) is 6.32. The molecule has 0 saturated heterocycles. The van der Waals surface area contributed by atoms with Gasteiger partial charge in [-0.05, 0) is 65.9 Å². The number of para-hydroxylation sites is 1. The lowest BCUT2D eigenvalue weighted by Gasteiger charge is -2.14. The summed E-state index contributed by atoms with van der Waals surface area (Å²) in [5.41, 5.74) is 9.37. The van der Waals surface area contributed by atoms with Crippen molar-refractivity contribution < 1.29 is 0 Å². The Morgan fingerprint density at radius 1 is 0.560 bits per heavy atom. The third kappa shape index (κ3) is 4.48. The molecule has 1 aliphatic carbocycles. The van der Waals surface area contributed by atoms with Gasteiger partial charge >= 0.3 is 0 Å². The monoisotopic (exact) mass is 644 g/mol. The number of hydrogen-bond donors (Lipinski definition) is 0. The van der Waals surface area contributed by atoms with Crippen LogP contribution in [0.3, 0.4) is 0 Å². The van der Waals surface area contributed by atoms with Crippen LogP contribution in [0, 0.1) is 0 Å². The van der Waals surface area contributed by atoms with Crippen molar-refractivity contribution in [1.29, 1.82) is 0 Å². The molecule has 10 rings (SSSR count). The number of hydrogen-bond acceptors (Lipinski definition) is 5. The van der Waals surface area contributed by atoms with Crippen LogP contribution in [0.15, 0.2) is 144 Å². The first-order valence-corrected chi connectivity index (χ1v) is 16.7. The zero-order valence-electron chi connectivity index (χ0n) is 26.9. The van der Waals surface area contributed by atoms with Gasteiger partial charge in [-0.2, -0.15) is 9.97 Å². The first-order valence-electron chi connectivity index (χ1n) is 16.7. The number of benzene rings is 5. The van der Waals surface area contributed by atoms with Gasteiger partial charge in [0.2, 0.25) is 5.95 Å². The molecule has 1 aliphatic rings. The number of nitrogens with zero attached hydrogens (tertiary/aromatic N) is 6. The van der Waals surface area contributed by atoms with E-state index in [0.29, 0.717) is 34.1 Å². The smallest absolute Gasteiger partial charge is 0.265 e. The fourth-order valence-electron chi connectivity index (χ4n) is 7.21. The standard InChI is InChI=1S/C43H28N6O/c50-42-35-26-30(19-21-36(35)44-41-32-16-8-7-11-27(32)23-24-48(41)42)31-20-22-38-34(25-31)33-17-9-10-18-37(33)49(38)43-46-39(28-12-3-1-4-13-28)45-40(47-43)29-14-5-2-6-15-29/h1-6,8-10,12-26H,7,11H2. The summed E-state index contributed by atoms with van der Waals surface area (Å²) >= 11 is 0. The number of aryl methyl sites for hydroxylation is 1. The Morgan fingerprint density at radius 3 is 1.98 bits per heavy atom. The minimum absolute atomic E-state index is 0.0652. The van der Waals surface area contributed by atoms with Crippen LogP contribution >= 0.6 is 0 Å². The van der Waals surface area contributed by atoms with Gasteiger partial charge in [-0.3, -0.25) is 13.8 Å². The summed E-state index contributed by atoms with van der Waals surface area (Å²) in [6, 6.07) is 42.8. The molecule has 50 heavy (non-hydrogen) atoms. The van der Waals surface area contributed by atoms with Gasteiger partial charge < -0.3 is 0 Å². The van der Waals surface area contributed by atoms with E-state index in [9.17, 15) is 4.79 Å². The Balaban J connectivity index is 1.16. The van der Waals surface area contributed by atoms with Crippen LogP contribution in [0.1, 0.15) is 17.5 Å². The van der Waals surface area contributed by atoms with Gasteiger partial charge in [-0.15, -0.1) is 0 Å². The molecule has 4 aromatic heterocycles. The van der Waals surface area contributed by atoms with E-state index in [1.807, 2.05) is 91.1 Å². The van der Waals surface area contributed by atoms with Crippen molar-refractivity contribution in [2.75, 3.05) is 0 Å². The second-order valence-electron chi connectivity index (χ2n) is 12.6. The lowest BCUT2D eigenvalue weighted by atomic mass is 9.98. The highest BCUT2D eigenvalue weighted by Gasteiger charge is 2.19. The summed E-state index contributed by atoms with van der Waals surface area (Å²) in [5, 5.41) is 2.74. The Bertz CT molecular complexity index is 2830. The Labute approximate surface area is 286 Å². The molecular weight excluding hydrogens is 617 g/mol. The van der Waals surface area contributed by atoms with Crippen LogP contribution in [0.5, 0.6) is 0 Å². The van der Waals surface area contributed by atoms with Crippen molar-refractivity contribution in [3.63, 3.8) is 0 Å². The van der Waals surface area contributed by atoms with Gasteiger partial charge in [0.25, 0.3) is 5.56 Å². The predicted molar refractivity (Wildman–Crippen MR) is 200 cm³/mol. The number of aromatic nitrogens is 6. The molecule has 0 radical (unpaired) electrons. The Hall–Kier alpha value is -6.73. The van der Waals surface area contributed by atoms with E-state index in [2.05, 4.69) is 59.2 Å². The zero-order chi connectivity index (χ0) is 33.2. The van der Waals surface area contributed by atoms with Crippen LogP contribution < -0.4 is 5.56 Å². The average molecular weight is 645 g/mol. The molecule has 0 bridgehead atoms. The third-order valence-corrected chi connectivity index (χ3v) is 9.67. The fraction of sp³-hybridized carbons (Fsp3) is 0.0465. The first-order chi connectivity index (χ1) is 24.7. The van der Waals surface area contributed by atoms with E-state index in [1.165, 1.54) is 5.56 Å². The summed E-state index contributed by atoms with van der Waals surface area (Å²) < 4.78 is 3.80. The van der Waals surface area contributed by atoms with E-state index >= 15 is 0 Å². The third-order valence-electron chi connectivity index (χ3n) is 9.67. The molecule has 4 heterocycles. The van der Waals surface area contributed by atoms with Crippen LogP contribution in [0.4, 0.5) is 0 Å². The topological polar surface area (TPSA) is 78.0 Å². The molecule has 0 N–H and O–H groups in total. The van der Waals surface area contributed by atoms with E-state index < -0.39 is 0 Å². The van der Waals surface area contributed by atoms with Crippen molar-refractivity contribution in [1.82, 2.24) is 28.9 Å². The normalized spacial score (nSPS) is 12.6. The van der Waals surface area contributed by atoms with Crippen molar-refractivity contribution in [2.24, 2.45) is 0 Å². The molecule has 0 fully saturated rings. The van der Waals surface area contributed by atoms with E-state index in [4.69, 9.17) is 19.9 Å². The average Bonchev–Trinajstić information content (AvgIpc) is 3.52. The SMILES string of the molecule is O=c1c2cc(-c3ccc4c(c3)c3ccccc3n4-c3nc(-c4ccccc4)nc(-c4ccccc4)n3)ccc2nc2c3c(ccn12)CCC=C3. The quantitative estimate of drug-likeness (QED) is 0.179. The highest BCUT2D eigenvalue weighted by molar-refractivity contribution is 6.10. The van der Waals surface area contributed by atoms with Gasteiger partial charge in [0, 0.05) is 33.7 Å². The number of fused-ring (bicyclic) bond motifs is 7. The molecule has 5 aromatic carbocycles. The van der Waals surface area contributed by atoms with Gasteiger partial charge in [-0.25, -0.2) is 9.97 Å². The molecule has 0 saturated carbocycles. The number of allylic oxidation sites excluding steroid dienone is 1. The second-order valence-corrected chi connectivity index (χ2v) is 12.6. The van der Waals surface area contributed by atoms with Gasteiger partial charge in [-0.1, -0.05) is 103 Å². The molecule has 0 unspecified atom stereocenters. The summed E-state index contributed by atoms with van der Waals surface area (Å²) in [6.07, 6.45) is 8.08. The first kappa shape index (κ1) is 28.3. The van der Waals surface area contributed by atoms with Crippen LogP contribution in [-0.4, -0.2) is 28.9 Å². The summed E-state index contributed by atoms with van der Waals surface area (Å²) in [5.74, 6) is 1.76. The second kappa shape index (κ2) is 11.2. The van der Waals surface area contributed by atoms with Gasteiger partial charge in [0.15, 0.2) is 11.6 Å². The number of rotatable bonds is 4. The number of pyridine rings is 1. The van der Waals surface area contributed by atoms with Crippen molar-refractivity contribution in [3.05, 3.63) is 161 Å². The van der Waals surface area contributed by atoms with Crippen molar-refractivity contribution >= 4 is 44.4 Å². The van der Waals surface area contributed by atoms with E-state index in [1.54, 1.807) is 4.40 Å². The Morgan fingerprint density at radius 2 is 1.22 bits per heavy atom. The van der Waals surface area contributed by atoms with Crippen molar-refractivity contribution in [2.45, 2.75) is 12.8 Å². The molecule has 0 spiro atoms. The lowest BCUT2D eigenvalue weighted by Crippen LogP contribution is -2.17. The highest BCUT2D eigenvalue weighted by atomic mass is 16.1. The highest BCUT2D eigenvalue weighted by Crippen LogP contribution is 2.35. The van der Waals surface area contributed by atoms with Crippen molar-refractivity contribution in [3.8, 4) is 39.9 Å². The molecule has 0 atom stereocenters. The summed E-state index contributed by atoms with van der Waals surface area (Å²) in [6.45, 7) is 0. The van der Waals surface area contributed by atoms with E-state index in [0.717, 1.165) is 62.5 Å². The molecule has 0 aliphatic heterocycles. The molecular formula is C43H28N6O. The van der Waals surface area contributed by atoms with Crippen LogP contribution in [0.25, 0.3) is 84.3 Å². The minimum atomic E-state index is -0.0652. The van der Waals surface area contributed by atoms with Gasteiger partial charge in [0.05, 0.1) is 21.9 Å². The maximum Gasteiger partial charge on any atom is 0.265 e. The van der Waals surface area contributed by atoms with Gasteiger partial charge in [0.1, 0.15) is 5.65 Å². The minimum Gasteiger partial charge on any atom is -0.278 e. The molecule has 0 amide bonds. The largest absolute Gasteiger partial charge is 0.278 e. The lowest BCUT2D eigenvalue weighted by molar-refractivity contribution is 0.953. The van der Waals surface area contributed by atoms with Crippen LogP contribution in [-0.2, 0) is 6.42 Å². The molecule has 9 aromatic rings. The molecule has 7 nitrogen and oxygen atoms in total. The maximum atomic E-state index is 13.8. The zero-order valence-corrected chi connectivity index (χ0v) is 26.9. The fourth-order valence-corrected chi connectivity index (χ4v) is 7.21.